The summed E-state index contributed by atoms with van der Waals surface area (Å²) in [6.45, 7) is 0. The molecule has 0 bridgehead atoms. The van der Waals surface area contributed by atoms with Crippen LogP contribution in [0.5, 0.6) is 0 Å². The van der Waals surface area contributed by atoms with Crippen molar-refractivity contribution in [3.8, 4) is 0 Å². The molecule has 0 fully saturated rings. The molecule has 1 heterocycles. The molecule has 1 amide bonds. The zero-order valence-electron chi connectivity index (χ0n) is 11.5. The highest BCUT2D eigenvalue weighted by atomic mass is 16.2. The SMILES string of the molecule is O=C(CCc1n[nH]c(=O)[nH]c1=O)N/N=C/C1CC=CCC1. The summed E-state index contributed by atoms with van der Waals surface area (Å²) in [5.74, 6) is 0.0593. The molecule has 0 aliphatic heterocycles. The number of hydrazone groups is 1. The van der Waals surface area contributed by atoms with Gasteiger partial charge in [0.05, 0.1) is 0 Å². The number of nitrogens with zero attached hydrogens (tertiary/aromatic N) is 2. The third-order valence-electron chi connectivity index (χ3n) is 3.15. The Balaban J connectivity index is 1.77. The van der Waals surface area contributed by atoms with E-state index in [-0.39, 0.29) is 24.4 Å². The fourth-order valence-electron chi connectivity index (χ4n) is 2.00. The number of carbonyl (C=O) groups excluding carboxylic acids is 1. The third kappa shape index (κ3) is 4.83. The van der Waals surface area contributed by atoms with Crippen LogP contribution in [0.25, 0.3) is 0 Å². The van der Waals surface area contributed by atoms with E-state index in [9.17, 15) is 14.4 Å². The molecule has 0 saturated heterocycles. The molecular formula is C13H17N5O3. The number of rotatable bonds is 5. The normalized spacial score (nSPS) is 18.0. The minimum absolute atomic E-state index is 0.0734. The van der Waals surface area contributed by atoms with Crippen molar-refractivity contribution in [2.45, 2.75) is 32.1 Å². The van der Waals surface area contributed by atoms with Crippen molar-refractivity contribution in [3.63, 3.8) is 0 Å². The number of allylic oxidation sites excluding steroid dienone is 2. The Kier molecular flexibility index (Phi) is 5.19. The van der Waals surface area contributed by atoms with Gasteiger partial charge in [0.25, 0.3) is 5.56 Å². The van der Waals surface area contributed by atoms with Crippen LogP contribution < -0.4 is 16.7 Å². The molecule has 1 aromatic heterocycles. The molecule has 0 spiro atoms. The number of nitrogens with one attached hydrogen (secondary N) is 3. The van der Waals surface area contributed by atoms with E-state index < -0.39 is 11.2 Å². The van der Waals surface area contributed by atoms with Crippen LogP contribution >= 0.6 is 0 Å². The lowest BCUT2D eigenvalue weighted by molar-refractivity contribution is -0.121. The second-order valence-electron chi connectivity index (χ2n) is 4.81. The van der Waals surface area contributed by atoms with Gasteiger partial charge in [-0.15, -0.1) is 0 Å². The maximum atomic E-state index is 11.6. The minimum atomic E-state index is -0.667. The Bertz CT molecular complexity index is 658. The molecule has 1 atom stereocenters. The van der Waals surface area contributed by atoms with Gasteiger partial charge in [-0.25, -0.2) is 15.3 Å². The van der Waals surface area contributed by atoms with E-state index in [2.05, 4.69) is 37.9 Å². The maximum Gasteiger partial charge on any atom is 0.342 e. The monoisotopic (exact) mass is 291 g/mol. The predicted molar refractivity (Wildman–Crippen MR) is 76.9 cm³/mol. The smallest absolute Gasteiger partial charge is 0.273 e. The Morgan fingerprint density at radius 3 is 3.05 bits per heavy atom. The number of H-pyrrole nitrogens is 2. The van der Waals surface area contributed by atoms with Crippen molar-refractivity contribution in [2.24, 2.45) is 11.0 Å². The molecule has 8 nitrogen and oxygen atoms in total. The van der Waals surface area contributed by atoms with Crippen molar-refractivity contribution in [1.29, 1.82) is 0 Å². The minimum Gasteiger partial charge on any atom is -0.273 e. The van der Waals surface area contributed by atoms with Crippen molar-refractivity contribution < 1.29 is 4.79 Å². The van der Waals surface area contributed by atoms with Crippen molar-refractivity contribution in [1.82, 2.24) is 20.6 Å². The zero-order valence-corrected chi connectivity index (χ0v) is 11.5. The highest BCUT2D eigenvalue weighted by molar-refractivity contribution is 5.77. The van der Waals surface area contributed by atoms with E-state index in [0.717, 1.165) is 19.3 Å². The molecule has 8 heteroatoms. The fourth-order valence-corrected chi connectivity index (χ4v) is 2.00. The van der Waals surface area contributed by atoms with Gasteiger partial charge in [0.2, 0.25) is 5.91 Å². The molecule has 1 unspecified atom stereocenters. The largest absolute Gasteiger partial charge is 0.342 e. The summed E-state index contributed by atoms with van der Waals surface area (Å²) in [4.78, 5) is 35.8. The summed E-state index contributed by atoms with van der Waals surface area (Å²) in [5.41, 5.74) is 1.30. The van der Waals surface area contributed by atoms with E-state index in [1.54, 1.807) is 6.21 Å². The van der Waals surface area contributed by atoms with Gasteiger partial charge in [-0.05, 0) is 25.2 Å². The third-order valence-corrected chi connectivity index (χ3v) is 3.15. The second-order valence-corrected chi connectivity index (χ2v) is 4.81. The van der Waals surface area contributed by atoms with Gasteiger partial charge >= 0.3 is 5.69 Å². The van der Waals surface area contributed by atoms with Gasteiger partial charge in [0.1, 0.15) is 5.69 Å². The van der Waals surface area contributed by atoms with Crippen LogP contribution in [0.2, 0.25) is 0 Å². The second kappa shape index (κ2) is 7.32. The van der Waals surface area contributed by atoms with Crippen LogP contribution in [0, 0.1) is 5.92 Å². The molecule has 21 heavy (non-hydrogen) atoms. The Morgan fingerprint density at radius 1 is 1.48 bits per heavy atom. The van der Waals surface area contributed by atoms with Crippen molar-refractivity contribution >= 4 is 12.1 Å². The van der Waals surface area contributed by atoms with E-state index in [1.807, 2.05) is 0 Å². The van der Waals surface area contributed by atoms with Gasteiger partial charge in [0.15, 0.2) is 0 Å². The molecule has 0 radical (unpaired) electrons. The number of hydrogen-bond donors (Lipinski definition) is 3. The molecule has 1 aromatic rings. The van der Waals surface area contributed by atoms with Crippen LogP contribution in [0.1, 0.15) is 31.4 Å². The molecule has 3 N–H and O–H groups in total. The summed E-state index contributed by atoms with van der Waals surface area (Å²) in [7, 11) is 0. The first kappa shape index (κ1) is 14.9. The standard InChI is InChI=1S/C13H17N5O3/c19-11(17-14-8-9-4-2-1-3-5-9)7-6-10-12(20)15-13(21)18-16-10/h1-2,8-9H,3-7H2,(H,17,19)(H2,15,18,20,21)/b14-8+. The molecule has 1 aliphatic carbocycles. The van der Waals surface area contributed by atoms with Gasteiger partial charge in [-0.3, -0.25) is 14.6 Å². The fraction of sp³-hybridized carbons (Fsp3) is 0.462. The molecule has 112 valence electrons. The van der Waals surface area contributed by atoms with E-state index in [1.165, 1.54) is 0 Å². The number of aromatic nitrogens is 3. The Labute approximate surface area is 120 Å². The summed E-state index contributed by atoms with van der Waals surface area (Å²) >= 11 is 0. The number of amides is 1. The molecule has 0 saturated carbocycles. The van der Waals surface area contributed by atoms with E-state index in [4.69, 9.17) is 0 Å². The van der Waals surface area contributed by atoms with Crippen LogP contribution in [0.3, 0.4) is 0 Å². The topological polar surface area (TPSA) is 120 Å². The lowest BCUT2D eigenvalue weighted by atomic mass is 9.96. The molecule has 2 rings (SSSR count). The summed E-state index contributed by atoms with van der Waals surface area (Å²) in [6, 6.07) is 0. The predicted octanol–water partition coefficient (Wildman–Crippen LogP) is -0.151. The van der Waals surface area contributed by atoms with Gasteiger partial charge in [-0.1, -0.05) is 12.2 Å². The summed E-state index contributed by atoms with van der Waals surface area (Å²) in [6.07, 6.45) is 9.21. The maximum absolute atomic E-state index is 11.6. The van der Waals surface area contributed by atoms with Crippen LogP contribution in [0.4, 0.5) is 0 Å². The average Bonchev–Trinajstić information content (AvgIpc) is 2.47. The zero-order chi connectivity index (χ0) is 15.1. The van der Waals surface area contributed by atoms with Crippen molar-refractivity contribution in [2.75, 3.05) is 0 Å². The van der Waals surface area contributed by atoms with Crippen molar-refractivity contribution in [3.05, 3.63) is 38.7 Å². The Morgan fingerprint density at radius 2 is 2.33 bits per heavy atom. The van der Waals surface area contributed by atoms with E-state index >= 15 is 0 Å². The average molecular weight is 291 g/mol. The first-order valence-corrected chi connectivity index (χ1v) is 6.80. The van der Waals surface area contributed by atoms with Gasteiger partial charge < -0.3 is 0 Å². The lowest BCUT2D eigenvalue weighted by Gasteiger charge is -2.11. The lowest BCUT2D eigenvalue weighted by Crippen LogP contribution is -2.28. The number of aromatic amines is 2. The van der Waals surface area contributed by atoms with E-state index in [0.29, 0.717) is 5.92 Å². The van der Waals surface area contributed by atoms with Crippen LogP contribution in [-0.2, 0) is 11.2 Å². The number of carbonyl (C=O) groups is 1. The summed E-state index contributed by atoms with van der Waals surface area (Å²) in [5, 5.41) is 9.64. The van der Waals surface area contributed by atoms with Gasteiger partial charge in [-0.2, -0.15) is 10.2 Å². The first-order chi connectivity index (χ1) is 10.1. The summed E-state index contributed by atoms with van der Waals surface area (Å²) < 4.78 is 0. The number of hydrogen-bond acceptors (Lipinski definition) is 5. The Hall–Kier alpha value is -2.51. The van der Waals surface area contributed by atoms with Crippen LogP contribution in [-0.4, -0.2) is 27.3 Å². The highest BCUT2D eigenvalue weighted by Crippen LogP contribution is 2.15. The molecule has 1 aliphatic rings. The van der Waals surface area contributed by atoms with Crippen LogP contribution in [0.15, 0.2) is 26.8 Å². The highest BCUT2D eigenvalue weighted by Gasteiger charge is 2.08. The quantitative estimate of drug-likeness (QED) is 0.397. The molecule has 0 aromatic carbocycles. The van der Waals surface area contributed by atoms with Gasteiger partial charge in [0, 0.05) is 19.1 Å². The first-order valence-electron chi connectivity index (χ1n) is 6.80. The number of aryl methyl sites for hydroxylation is 1. The molecular weight excluding hydrogens is 274 g/mol.